The molecule has 0 spiro atoms. The van der Waals surface area contributed by atoms with Crippen LogP contribution < -0.4 is 0 Å². The lowest BCUT2D eigenvalue weighted by Gasteiger charge is -2.33. The molecule has 3 rings (SSSR count). The highest BCUT2D eigenvalue weighted by atomic mass is 15.1. The summed E-state index contributed by atoms with van der Waals surface area (Å²) in [6, 6.07) is 16.4. The second-order valence-corrected chi connectivity index (χ2v) is 12.0. The summed E-state index contributed by atoms with van der Waals surface area (Å²) >= 11 is 0. The predicted octanol–water partition coefficient (Wildman–Crippen LogP) is 8.77. The van der Waals surface area contributed by atoms with Crippen molar-refractivity contribution in [2.24, 2.45) is 5.41 Å². The molecule has 2 aromatic carbocycles. The number of nitrogens with zero attached hydrogens (tertiary/aromatic N) is 1. The Morgan fingerprint density at radius 1 is 0.735 bits per heavy atom. The van der Waals surface area contributed by atoms with E-state index >= 15 is 0 Å². The molecule has 0 bridgehead atoms. The first-order valence-electron chi connectivity index (χ1n) is 14.1. The average Bonchev–Trinajstić information content (AvgIpc) is 2.81. The summed E-state index contributed by atoms with van der Waals surface area (Å²) in [6.07, 6.45) is 12.3. The van der Waals surface area contributed by atoms with Gasteiger partial charge in [0.15, 0.2) is 5.54 Å². The van der Waals surface area contributed by atoms with E-state index in [-0.39, 0.29) is 5.54 Å². The Morgan fingerprint density at radius 3 is 2.12 bits per heavy atom. The topological polar surface area (TPSA) is 3.01 Å². The quantitative estimate of drug-likeness (QED) is 0.295. The Bertz CT molecular complexity index is 974. The minimum absolute atomic E-state index is 0.178. The molecule has 1 atom stereocenters. The highest BCUT2D eigenvalue weighted by Gasteiger charge is 2.41. The monoisotopic (exact) mass is 460 g/mol. The molecule has 1 heterocycles. The van der Waals surface area contributed by atoms with Crippen LogP contribution in [0.3, 0.4) is 0 Å². The van der Waals surface area contributed by atoms with E-state index in [0.717, 1.165) is 13.0 Å². The molecule has 0 radical (unpaired) electrons. The Kier molecular flexibility index (Phi) is 9.19. The number of fused-ring (bicyclic) bond motifs is 1. The van der Waals surface area contributed by atoms with Crippen LogP contribution >= 0.6 is 0 Å². The van der Waals surface area contributed by atoms with Gasteiger partial charge >= 0.3 is 0 Å². The molecule has 0 amide bonds. The summed E-state index contributed by atoms with van der Waals surface area (Å²) in [5.74, 6) is 0. The molecule has 0 aliphatic carbocycles. The van der Waals surface area contributed by atoms with Crippen LogP contribution in [0.2, 0.25) is 0 Å². The highest BCUT2D eigenvalue weighted by Crippen LogP contribution is 2.34. The van der Waals surface area contributed by atoms with E-state index in [0.29, 0.717) is 5.41 Å². The van der Waals surface area contributed by atoms with E-state index in [1.807, 2.05) is 0 Å². The van der Waals surface area contributed by atoms with Gasteiger partial charge < -0.3 is 0 Å². The van der Waals surface area contributed by atoms with Crippen molar-refractivity contribution in [3.8, 4) is 0 Å². The van der Waals surface area contributed by atoms with E-state index in [9.17, 15) is 0 Å². The molecule has 2 aromatic rings. The van der Waals surface area contributed by atoms with Crippen molar-refractivity contribution in [1.82, 2.24) is 0 Å². The molecule has 1 aliphatic rings. The largest absolute Gasteiger partial charge is 0.224 e. The number of unbranched alkanes of at least 4 members (excludes halogenated alkanes) is 1. The molecule has 0 N–H and O–H groups in total. The molecule has 0 saturated carbocycles. The van der Waals surface area contributed by atoms with Crippen LogP contribution in [-0.4, -0.2) is 22.4 Å². The Labute approximate surface area is 210 Å². The van der Waals surface area contributed by atoms with Crippen molar-refractivity contribution < 1.29 is 4.58 Å². The summed E-state index contributed by atoms with van der Waals surface area (Å²) in [5.41, 5.74) is 9.74. The van der Waals surface area contributed by atoms with Gasteiger partial charge in [-0.25, -0.2) is 4.58 Å². The minimum atomic E-state index is 0.178. The number of hydrogen-bond donors (Lipinski definition) is 0. The fraction of sp³-hybridized carbons (Fsp3) is 0.606. The van der Waals surface area contributed by atoms with Crippen LogP contribution in [0.25, 0.3) is 0 Å². The molecule has 0 saturated heterocycles. The average molecular weight is 461 g/mol. The van der Waals surface area contributed by atoms with Gasteiger partial charge in [0.2, 0.25) is 5.71 Å². The van der Waals surface area contributed by atoms with Gasteiger partial charge in [-0.1, -0.05) is 84.7 Å². The summed E-state index contributed by atoms with van der Waals surface area (Å²) in [6.45, 7) is 17.8. The summed E-state index contributed by atoms with van der Waals surface area (Å²) < 4.78 is 2.83. The third-order valence-corrected chi connectivity index (χ3v) is 8.03. The zero-order valence-electron chi connectivity index (χ0n) is 23.3. The van der Waals surface area contributed by atoms with Crippen molar-refractivity contribution >= 4 is 5.71 Å². The summed E-state index contributed by atoms with van der Waals surface area (Å²) in [4.78, 5) is 0. The number of aryl methyl sites for hydroxylation is 2. The molecular weight excluding hydrogens is 410 g/mol. The van der Waals surface area contributed by atoms with Crippen LogP contribution in [-0.2, 0) is 19.3 Å². The Morgan fingerprint density at radius 2 is 1.44 bits per heavy atom. The number of benzene rings is 2. The zero-order chi connectivity index (χ0) is 24.8. The first-order chi connectivity index (χ1) is 16.2. The van der Waals surface area contributed by atoms with Crippen LogP contribution in [0.5, 0.6) is 0 Å². The maximum atomic E-state index is 2.83. The maximum absolute atomic E-state index is 2.83. The Balaban J connectivity index is 2.18. The smallest absolute Gasteiger partial charge is 0.215 e. The van der Waals surface area contributed by atoms with Crippen molar-refractivity contribution in [3.05, 3.63) is 70.3 Å². The predicted molar refractivity (Wildman–Crippen MR) is 150 cm³/mol. The number of hydrogen-bond acceptors (Lipinski definition) is 0. The standard InChI is InChI=1S/C33H50N/c1-8-11-17-27-19-14-21-30-28(27)22-25-34(33(7,10-3)24-15-23-32(4,5)6)31(30)29-20-13-12-18-26(29)16-9-2/h12-14,18-21H,8-11,15-17,22-25H2,1-7H3/q+1. The lowest BCUT2D eigenvalue weighted by atomic mass is 9.81. The second kappa shape index (κ2) is 11.7. The SMILES string of the molecule is CCCCc1cccc2c1CC[N+](C(C)(CC)CCCC(C)(C)C)=C2c1ccccc1CCC. The minimum Gasteiger partial charge on any atom is -0.224 e. The summed E-state index contributed by atoms with van der Waals surface area (Å²) in [5, 5.41) is 0. The van der Waals surface area contributed by atoms with Gasteiger partial charge in [0.25, 0.3) is 0 Å². The zero-order valence-corrected chi connectivity index (χ0v) is 23.3. The van der Waals surface area contributed by atoms with Crippen molar-refractivity contribution in [2.75, 3.05) is 6.54 Å². The lowest BCUT2D eigenvalue weighted by Crippen LogP contribution is -2.46. The van der Waals surface area contributed by atoms with Crippen molar-refractivity contribution in [2.45, 2.75) is 118 Å². The van der Waals surface area contributed by atoms with Gasteiger partial charge in [-0.2, -0.15) is 0 Å². The van der Waals surface area contributed by atoms with Crippen LogP contribution in [0.4, 0.5) is 0 Å². The summed E-state index contributed by atoms with van der Waals surface area (Å²) in [7, 11) is 0. The van der Waals surface area contributed by atoms with Gasteiger partial charge in [-0.3, -0.25) is 0 Å². The fourth-order valence-corrected chi connectivity index (χ4v) is 5.81. The molecule has 1 aliphatic heterocycles. The third-order valence-electron chi connectivity index (χ3n) is 8.03. The van der Waals surface area contributed by atoms with Crippen LogP contribution in [0.1, 0.15) is 121 Å². The molecule has 186 valence electrons. The molecule has 1 unspecified atom stereocenters. The third kappa shape index (κ3) is 6.21. The molecular formula is C33H50N+. The molecule has 0 fully saturated rings. The van der Waals surface area contributed by atoms with Crippen molar-refractivity contribution in [1.29, 1.82) is 0 Å². The lowest BCUT2D eigenvalue weighted by molar-refractivity contribution is -0.607. The molecule has 1 nitrogen and oxygen atoms in total. The molecule has 1 heteroatoms. The van der Waals surface area contributed by atoms with Crippen LogP contribution in [0.15, 0.2) is 42.5 Å². The molecule has 0 aromatic heterocycles. The van der Waals surface area contributed by atoms with Gasteiger partial charge in [0.05, 0.1) is 5.56 Å². The van der Waals surface area contributed by atoms with E-state index in [2.05, 4.69) is 95.5 Å². The van der Waals surface area contributed by atoms with Gasteiger partial charge in [0.1, 0.15) is 6.54 Å². The van der Waals surface area contributed by atoms with Gasteiger partial charge in [-0.05, 0) is 66.3 Å². The maximum Gasteiger partial charge on any atom is 0.215 e. The fourth-order valence-electron chi connectivity index (χ4n) is 5.81. The van der Waals surface area contributed by atoms with Crippen LogP contribution in [0, 0.1) is 5.41 Å². The van der Waals surface area contributed by atoms with E-state index in [1.165, 1.54) is 80.2 Å². The van der Waals surface area contributed by atoms with E-state index in [4.69, 9.17) is 0 Å². The Hall–Kier alpha value is -1.89. The van der Waals surface area contributed by atoms with Crippen molar-refractivity contribution in [3.63, 3.8) is 0 Å². The normalized spacial score (nSPS) is 15.9. The molecule has 34 heavy (non-hydrogen) atoms. The van der Waals surface area contributed by atoms with Gasteiger partial charge in [-0.15, -0.1) is 0 Å². The van der Waals surface area contributed by atoms with E-state index < -0.39 is 0 Å². The number of rotatable bonds is 11. The highest BCUT2D eigenvalue weighted by molar-refractivity contribution is 6.12. The van der Waals surface area contributed by atoms with E-state index in [1.54, 1.807) is 11.1 Å². The van der Waals surface area contributed by atoms with Gasteiger partial charge in [0, 0.05) is 31.7 Å². The first kappa shape index (κ1) is 26.7. The second-order valence-electron chi connectivity index (χ2n) is 12.0. The first-order valence-corrected chi connectivity index (χ1v) is 14.1.